The summed E-state index contributed by atoms with van der Waals surface area (Å²) in [6, 6.07) is 8.28. The predicted octanol–water partition coefficient (Wildman–Crippen LogP) is 4.49. The van der Waals surface area contributed by atoms with Crippen LogP contribution < -0.4 is 0 Å². The number of hydrogen-bond acceptors (Lipinski definition) is 2. The van der Waals surface area contributed by atoms with Crippen LogP contribution in [0.1, 0.15) is 18.9 Å². The summed E-state index contributed by atoms with van der Waals surface area (Å²) >= 11 is 1.70. The lowest BCUT2D eigenvalue weighted by molar-refractivity contribution is -0.130. The molecule has 1 atom stereocenters. The second kappa shape index (κ2) is 9.31. The van der Waals surface area contributed by atoms with Crippen molar-refractivity contribution in [2.75, 3.05) is 13.3 Å². The molecule has 1 aromatic carbocycles. The van der Waals surface area contributed by atoms with Gasteiger partial charge in [0.1, 0.15) is 0 Å². The van der Waals surface area contributed by atoms with Crippen molar-refractivity contribution < 1.29 is 4.79 Å². The Morgan fingerprint density at radius 2 is 1.95 bits per heavy atom. The minimum absolute atomic E-state index is 0.127. The summed E-state index contributed by atoms with van der Waals surface area (Å²) in [6.07, 6.45) is 8.76. The van der Waals surface area contributed by atoms with Crippen molar-refractivity contribution in [2.45, 2.75) is 30.7 Å². The van der Waals surface area contributed by atoms with Gasteiger partial charge in [-0.2, -0.15) is 0 Å². The molecule has 0 spiro atoms. The molecule has 0 aliphatic heterocycles. The Hall–Kier alpha value is -1.74. The van der Waals surface area contributed by atoms with Gasteiger partial charge in [0.25, 0.3) is 0 Å². The molecule has 2 nitrogen and oxygen atoms in total. The quantitative estimate of drug-likeness (QED) is 0.520. The normalized spacial score (nSPS) is 12.6. The number of amides is 1. The molecular weight excluding hydrogens is 290 g/mol. The molecule has 0 bridgehead atoms. The van der Waals surface area contributed by atoms with Crippen LogP contribution >= 0.6 is 11.8 Å². The lowest BCUT2D eigenvalue weighted by Crippen LogP contribution is -2.36. The van der Waals surface area contributed by atoms with Gasteiger partial charge in [0.15, 0.2) is 0 Å². The van der Waals surface area contributed by atoms with Crippen LogP contribution in [0.25, 0.3) is 0 Å². The Bertz CT molecular complexity index is 545. The first-order valence-electron chi connectivity index (χ1n) is 7.34. The minimum Gasteiger partial charge on any atom is -0.342 e. The molecule has 0 saturated heterocycles. The third kappa shape index (κ3) is 5.57. The molecule has 1 rings (SSSR count). The predicted molar refractivity (Wildman–Crippen MR) is 97.3 cm³/mol. The minimum atomic E-state index is 0.127. The molecule has 0 radical (unpaired) electrons. The fraction of sp³-hybridized carbons (Fsp3) is 0.316. The van der Waals surface area contributed by atoms with Crippen LogP contribution in [0.5, 0.6) is 0 Å². The van der Waals surface area contributed by atoms with E-state index in [2.05, 4.69) is 32.2 Å². The highest BCUT2D eigenvalue weighted by Gasteiger charge is 2.16. The van der Waals surface area contributed by atoms with Crippen LogP contribution in [0.15, 0.2) is 66.1 Å². The summed E-state index contributed by atoms with van der Waals surface area (Å²) in [6.45, 7) is 9.55. The monoisotopic (exact) mass is 315 g/mol. The van der Waals surface area contributed by atoms with Gasteiger partial charge in [0.2, 0.25) is 5.91 Å². The summed E-state index contributed by atoms with van der Waals surface area (Å²) in [5.74, 6) is 0.131. The van der Waals surface area contributed by atoms with Gasteiger partial charge in [0.05, 0.1) is 6.42 Å². The maximum Gasteiger partial charge on any atom is 0.226 e. The summed E-state index contributed by atoms with van der Waals surface area (Å²) < 4.78 is 0. The molecule has 0 saturated carbocycles. The van der Waals surface area contributed by atoms with E-state index in [4.69, 9.17) is 0 Å². The lowest BCUT2D eigenvalue weighted by Gasteiger charge is -2.25. The summed E-state index contributed by atoms with van der Waals surface area (Å²) in [7, 11) is 1.86. The molecule has 0 heterocycles. The highest BCUT2D eigenvalue weighted by atomic mass is 32.2. The van der Waals surface area contributed by atoms with Crippen molar-refractivity contribution >= 4 is 17.7 Å². The number of rotatable bonds is 8. The molecular formula is C19H25NOS. The Kier molecular flexibility index (Phi) is 7.75. The van der Waals surface area contributed by atoms with E-state index >= 15 is 0 Å². The first-order valence-corrected chi connectivity index (χ1v) is 8.57. The van der Waals surface area contributed by atoms with Gasteiger partial charge < -0.3 is 4.90 Å². The van der Waals surface area contributed by atoms with Gasteiger partial charge in [-0.3, -0.25) is 4.79 Å². The summed E-state index contributed by atoms with van der Waals surface area (Å²) in [4.78, 5) is 15.4. The maximum atomic E-state index is 12.4. The molecule has 0 N–H and O–H groups in total. The lowest BCUT2D eigenvalue weighted by atomic mass is 10.0. The summed E-state index contributed by atoms with van der Waals surface area (Å²) in [5.41, 5.74) is 2.14. The van der Waals surface area contributed by atoms with Gasteiger partial charge in [-0.05, 0) is 42.9 Å². The maximum absolute atomic E-state index is 12.4. The van der Waals surface area contributed by atoms with E-state index in [9.17, 15) is 4.79 Å². The first kappa shape index (κ1) is 18.3. The molecule has 0 aliphatic rings. The summed E-state index contributed by atoms with van der Waals surface area (Å²) in [5, 5.41) is 0. The Morgan fingerprint density at radius 1 is 1.32 bits per heavy atom. The number of nitrogens with zero attached hydrogens (tertiary/aromatic N) is 1. The van der Waals surface area contributed by atoms with E-state index in [1.165, 1.54) is 4.90 Å². The number of carbonyl (C=O) groups excluding carboxylic acids is 1. The van der Waals surface area contributed by atoms with Crippen LogP contribution in [0, 0.1) is 0 Å². The van der Waals surface area contributed by atoms with Crippen molar-refractivity contribution in [3.05, 3.63) is 66.8 Å². The number of thioether (sulfide) groups is 1. The van der Waals surface area contributed by atoms with Gasteiger partial charge in [-0.25, -0.2) is 0 Å². The average molecular weight is 315 g/mol. The molecule has 0 fully saturated rings. The molecule has 118 valence electrons. The van der Waals surface area contributed by atoms with Crippen LogP contribution in [0.3, 0.4) is 0 Å². The van der Waals surface area contributed by atoms with Crippen molar-refractivity contribution in [3.63, 3.8) is 0 Å². The van der Waals surface area contributed by atoms with E-state index in [-0.39, 0.29) is 11.9 Å². The zero-order valence-corrected chi connectivity index (χ0v) is 14.5. The number of likely N-dealkylation sites (N-methyl/N-ethyl adjacent to an activating group) is 1. The third-order valence-corrected chi connectivity index (χ3v) is 4.44. The molecule has 1 aromatic rings. The van der Waals surface area contributed by atoms with Gasteiger partial charge in [-0.1, -0.05) is 43.5 Å². The SMILES string of the molecule is C=C/C=C(\C=C)C[C@@H](C)N(C)C(=O)Cc1ccc(SC)cc1. The van der Waals surface area contributed by atoms with Crippen LogP contribution in [-0.2, 0) is 11.2 Å². The van der Waals surface area contributed by atoms with E-state index in [0.29, 0.717) is 6.42 Å². The first-order chi connectivity index (χ1) is 10.5. The second-order valence-corrected chi connectivity index (χ2v) is 6.14. The fourth-order valence-electron chi connectivity index (χ4n) is 2.14. The number of allylic oxidation sites excluding steroid dienone is 3. The van der Waals surface area contributed by atoms with Crippen LogP contribution in [-0.4, -0.2) is 30.2 Å². The topological polar surface area (TPSA) is 20.3 Å². The zero-order chi connectivity index (χ0) is 16.5. The molecule has 0 aliphatic carbocycles. The Labute approximate surface area is 138 Å². The Morgan fingerprint density at radius 3 is 2.45 bits per heavy atom. The van der Waals surface area contributed by atoms with E-state index < -0.39 is 0 Å². The van der Waals surface area contributed by atoms with Crippen molar-refractivity contribution in [2.24, 2.45) is 0 Å². The van der Waals surface area contributed by atoms with Gasteiger partial charge in [-0.15, -0.1) is 11.8 Å². The molecule has 0 unspecified atom stereocenters. The van der Waals surface area contributed by atoms with Crippen molar-refractivity contribution in [1.29, 1.82) is 0 Å². The molecule has 0 aromatic heterocycles. The van der Waals surface area contributed by atoms with Crippen LogP contribution in [0.4, 0.5) is 0 Å². The average Bonchev–Trinajstić information content (AvgIpc) is 2.54. The molecule has 1 amide bonds. The van der Waals surface area contributed by atoms with E-state index in [1.54, 1.807) is 17.8 Å². The number of benzene rings is 1. The highest BCUT2D eigenvalue weighted by Crippen LogP contribution is 2.16. The standard InChI is InChI=1S/C19H25NOS/c1-6-8-16(7-2)13-15(3)20(4)19(21)14-17-9-11-18(22-5)12-10-17/h6-12,15H,1-2,13-14H2,3-5H3/b16-8+/t15-/m1/s1. The Balaban J connectivity index is 2.64. The van der Waals surface area contributed by atoms with Crippen molar-refractivity contribution in [3.8, 4) is 0 Å². The third-order valence-electron chi connectivity index (χ3n) is 3.69. The molecule has 22 heavy (non-hydrogen) atoms. The smallest absolute Gasteiger partial charge is 0.226 e. The zero-order valence-electron chi connectivity index (χ0n) is 13.7. The van der Waals surface area contributed by atoms with Crippen LogP contribution in [0.2, 0.25) is 0 Å². The van der Waals surface area contributed by atoms with Crippen molar-refractivity contribution in [1.82, 2.24) is 4.90 Å². The van der Waals surface area contributed by atoms with Gasteiger partial charge in [0, 0.05) is 18.0 Å². The number of carbonyl (C=O) groups is 1. The largest absolute Gasteiger partial charge is 0.342 e. The van der Waals surface area contributed by atoms with Gasteiger partial charge >= 0.3 is 0 Å². The second-order valence-electron chi connectivity index (χ2n) is 5.26. The molecule has 3 heteroatoms. The highest BCUT2D eigenvalue weighted by molar-refractivity contribution is 7.98. The van der Waals surface area contributed by atoms with E-state index in [0.717, 1.165) is 17.6 Å². The van der Waals surface area contributed by atoms with E-state index in [1.807, 2.05) is 42.5 Å². The number of hydrogen-bond donors (Lipinski definition) is 0. The fourth-order valence-corrected chi connectivity index (χ4v) is 2.55.